The molecule has 96 valence electrons. The van der Waals surface area contributed by atoms with Gasteiger partial charge in [0.2, 0.25) is 5.56 Å². The number of alkyl halides is 5. The number of rotatable bonds is 3. The van der Waals surface area contributed by atoms with Gasteiger partial charge in [-0.05, 0) is 15.9 Å². The molecule has 17 heavy (non-hydrogen) atoms. The fourth-order valence-electron chi connectivity index (χ4n) is 0.794. The molecule has 0 bridgehead atoms. The number of ether oxygens (including phenoxy) is 1. The van der Waals surface area contributed by atoms with Crippen LogP contribution < -0.4 is 10.3 Å². The first kappa shape index (κ1) is 13.9. The molecule has 0 fully saturated rings. The number of pyridine rings is 1. The Morgan fingerprint density at radius 2 is 1.88 bits per heavy atom. The van der Waals surface area contributed by atoms with E-state index < -0.39 is 24.3 Å². The molecule has 0 aromatic carbocycles. The number of hydrogen-bond acceptors (Lipinski definition) is 2. The summed E-state index contributed by atoms with van der Waals surface area (Å²) in [6.45, 7) is -1.86. The van der Waals surface area contributed by atoms with Crippen LogP contribution in [-0.2, 0) is 0 Å². The molecule has 0 atom stereocenters. The third-order valence-electron chi connectivity index (χ3n) is 1.66. The first-order valence-electron chi connectivity index (χ1n) is 4.09. The molecule has 0 saturated heterocycles. The Morgan fingerprint density at radius 1 is 1.29 bits per heavy atom. The first-order chi connectivity index (χ1) is 7.63. The molecule has 0 aliphatic heterocycles. The average Bonchev–Trinajstić information content (AvgIpc) is 2.14. The van der Waals surface area contributed by atoms with Gasteiger partial charge in [0, 0.05) is 12.3 Å². The standard InChI is InChI=1S/C8H5BrF5NO2/c9-4-1-6(16)15-2-5(4)17-3-7(10,11)8(12,13)14/h1-2H,3H2,(H,15,16). The van der Waals surface area contributed by atoms with Gasteiger partial charge in [0.05, 0.1) is 4.47 Å². The molecule has 0 unspecified atom stereocenters. The van der Waals surface area contributed by atoms with Crippen molar-refractivity contribution in [2.45, 2.75) is 12.1 Å². The molecule has 0 spiro atoms. The average molecular weight is 322 g/mol. The van der Waals surface area contributed by atoms with E-state index in [-0.39, 0.29) is 10.2 Å². The van der Waals surface area contributed by atoms with Crippen molar-refractivity contribution in [3.63, 3.8) is 0 Å². The quantitative estimate of drug-likeness (QED) is 0.870. The summed E-state index contributed by atoms with van der Waals surface area (Å²) in [5.74, 6) is -5.27. The number of aromatic nitrogens is 1. The summed E-state index contributed by atoms with van der Waals surface area (Å²) in [5.41, 5.74) is -0.549. The first-order valence-corrected chi connectivity index (χ1v) is 4.88. The fourth-order valence-corrected chi connectivity index (χ4v) is 1.23. The third kappa shape index (κ3) is 3.42. The molecule has 0 aliphatic rings. The summed E-state index contributed by atoms with van der Waals surface area (Å²) in [4.78, 5) is 12.8. The monoisotopic (exact) mass is 321 g/mol. The molecular weight excluding hydrogens is 317 g/mol. The SMILES string of the molecule is O=c1cc(Br)c(OCC(F)(F)C(F)(F)F)c[nH]1. The number of nitrogens with one attached hydrogen (secondary N) is 1. The van der Waals surface area contributed by atoms with Crippen LogP contribution in [0.15, 0.2) is 21.5 Å². The zero-order valence-corrected chi connectivity index (χ0v) is 9.53. The van der Waals surface area contributed by atoms with Crippen LogP contribution in [0.3, 0.4) is 0 Å². The largest absolute Gasteiger partial charge is 0.484 e. The summed E-state index contributed by atoms with van der Waals surface area (Å²) < 4.78 is 64.7. The highest BCUT2D eigenvalue weighted by Gasteiger charge is 2.58. The molecule has 1 N–H and O–H groups in total. The molecule has 1 aromatic rings. The molecule has 0 amide bonds. The Balaban J connectivity index is 2.78. The van der Waals surface area contributed by atoms with Crippen LogP contribution in [0, 0.1) is 0 Å². The Labute approximate surface area is 99.7 Å². The van der Waals surface area contributed by atoms with Gasteiger partial charge < -0.3 is 9.72 Å². The van der Waals surface area contributed by atoms with Gasteiger partial charge in [-0.2, -0.15) is 22.0 Å². The lowest BCUT2D eigenvalue weighted by Crippen LogP contribution is -2.41. The number of hydrogen-bond donors (Lipinski definition) is 1. The van der Waals surface area contributed by atoms with Gasteiger partial charge in [0.25, 0.3) is 0 Å². The minimum atomic E-state index is -5.68. The second kappa shape index (κ2) is 4.63. The summed E-state index contributed by atoms with van der Waals surface area (Å²) in [5, 5.41) is 0. The van der Waals surface area contributed by atoms with Crippen LogP contribution in [0.2, 0.25) is 0 Å². The van der Waals surface area contributed by atoms with E-state index in [1.54, 1.807) is 0 Å². The fraction of sp³-hybridized carbons (Fsp3) is 0.375. The summed E-state index contributed by atoms with van der Waals surface area (Å²) in [7, 11) is 0. The lowest BCUT2D eigenvalue weighted by Gasteiger charge is -2.19. The van der Waals surface area contributed by atoms with Crippen molar-refractivity contribution < 1.29 is 26.7 Å². The van der Waals surface area contributed by atoms with E-state index in [0.29, 0.717) is 0 Å². The van der Waals surface area contributed by atoms with Crippen molar-refractivity contribution in [2.24, 2.45) is 0 Å². The highest BCUT2D eigenvalue weighted by atomic mass is 79.9. The predicted molar refractivity (Wildman–Crippen MR) is 51.3 cm³/mol. The summed E-state index contributed by atoms with van der Waals surface area (Å²) >= 11 is 2.79. The molecule has 0 radical (unpaired) electrons. The minimum absolute atomic E-state index is 0.0146. The highest BCUT2D eigenvalue weighted by molar-refractivity contribution is 9.10. The van der Waals surface area contributed by atoms with Gasteiger partial charge in [-0.25, -0.2) is 0 Å². The predicted octanol–water partition coefficient (Wildman–Crippen LogP) is 2.71. The minimum Gasteiger partial charge on any atom is -0.484 e. The number of aromatic amines is 1. The van der Waals surface area contributed by atoms with Crippen LogP contribution in [0.5, 0.6) is 5.75 Å². The van der Waals surface area contributed by atoms with Gasteiger partial charge in [-0.1, -0.05) is 0 Å². The Bertz CT molecular complexity index is 456. The zero-order valence-electron chi connectivity index (χ0n) is 7.95. The van der Waals surface area contributed by atoms with Gasteiger partial charge in [-0.15, -0.1) is 0 Å². The van der Waals surface area contributed by atoms with Crippen LogP contribution >= 0.6 is 15.9 Å². The second-order valence-electron chi connectivity index (χ2n) is 3.00. The molecule has 9 heteroatoms. The molecule has 0 aliphatic carbocycles. The van der Waals surface area contributed by atoms with E-state index in [9.17, 15) is 26.7 Å². The lowest BCUT2D eigenvalue weighted by atomic mass is 10.3. The molecule has 0 saturated carbocycles. The maximum absolute atomic E-state index is 12.5. The topological polar surface area (TPSA) is 42.1 Å². The van der Waals surface area contributed by atoms with E-state index in [1.807, 2.05) is 0 Å². The molecule has 1 aromatic heterocycles. The van der Waals surface area contributed by atoms with Crippen molar-refractivity contribution in [3.8, 4) is 5.75 Å². The summed E-state index contributed by atoms with van der Waals surface area (Å²) in [6, 6.07) is 0.946. The highest BCUT2D eigenvalue weighted by Crippen LogP contribution is 2.36. The Kier molecular flexibility index (Phi) is 3.80. The molecule has 3 nitrogen and oxygen atoms in total. The summed E-state index contributed by atoms with van der Waals surface area (Å²) in [6.07, 6.45) is -4.79. The van der Waals surface area contributed by atoms with Crippen molar-refractivity contribution >= 4 is 15.9 Å². The maximum Gasteiger partial charge on any atom is 0.456 e. The molecular formula is C8H5BrF5NO2. The van der Waals surface area contributed by atoms with Crippen molar-refractivity contribution in [1.29, 1.82) is 0 Å². The normalized spacial score (nSPS) is 12.6. The smallest absolute Gasteiger partial charge is 0.456 e. The van der Waals surface area contributed by atoms with E-state index >= 15 is 0 Å². The Morgan fingerprint density at radius 3 is 2.35 bits per heavy atom. The van der Waals surface area contributed by atoms with Crippen LogP contribution in [-0.4, -0.2) is 23.7 Å². The molecule has 1 rings (SSSR count). The van der Waals surface area contributed by atoms with E-state index in [4.69, 9.17) is 0 Å². The van der Waals surface area contributed by atoms with Crippen LogP contribution in [0.4, 0.5) is 22.0 Å². The zero-order chi connectivity index (χ0) is 13.3. The number of halogens is 6. The van der Waals surface area contributed by atoms with Gasteiger partial charge >= 0.3 is 12.1 Å². The lowest BCUT2D eigenvalue weighted by molar-refractivity contribution is -0.290. The maximum atomic E-state index is 12.5. The second-order valence-corrected chi connectivity index (χ2v) is 3.85. The van der Waals surface area contributed by atoms with Crippen LogP contribution in [0.25, 0.3) is 0 Å². The van der Waals surface area contributed by atoms with Gasteiger partial charge in [0.15, 0.2) is 6.61 Å². The van der Waals surface area contributed by atoms with Crippen molar-refractivity contribution in [2.75, 3.05) is 6.61 Å². The Hall–Kier alpha value is -1.12. The van der Waals surface area contributed by atoms with E-state index in [1.165, 1.54) is 0 Å². The molecule has 1 heterocycles. The third-order valence-corrected chi connectivity index (χ3v) is 2.28. The van der Waals surface area contributed by atoms with E-state index in [0.717, 1.165) is 12.3 Å². The van der Waals surface area contributed by atoms with Crippen molar-refractivity contribution in [1.82, 2.24) is 4.98 Å². The van der Waals surface area contributed by atoms with E-state index in [2.05, 4.69) is 25.7 Å². The van der Waals surface area contributed by atoms with Gasteiger partial charge in [-0.3, -0.25) is 4.79 Å². The van der Waals surface area contributed by atoms with Crippen molar-refractivity contribution in [3.05, 3.63) is 27.1 Å². The number of H-pyrrole nitrogens is 1. The van der Waals surface area contributed by atoms with Gasteiger partial charge in [0.1, 0.15) is 5.75 Å². The van der Waals surface area contributed by atoms with Crippen LogP contribution in [0.1, 0.15) is 0 Å².